The monoisotopic (exact) mass is 724 g/mol. The molecule has 0 radical (unpaired) electrons. The van der Waals surface area contributed by atoms with Crippen molar-refractivity contribution in [2.75, 3.05) is 53.1 Å². The molecule has 6 rings (SSSR count). The largest absolute Gasteiger partial charge is 0.490 e. The van der Waals surface area contributed by atoms with Gasteiger partial charge in [0.2, 0.25) is 12.7 Å². The Balaban J connectivity index is 0.000000679. The Morgan fingerprint density at radius 1 is 0.865 bits per heavy atom. The number of carboxylic acid groups (broad SMARTS) is 1. The highest BCUT2D eigenvalue weighted by molar-refractivity contribution is 5.76. The molecule has 0 bridgehead atoms. The molecule has 3 aromatic rings. The van der Waals surface area contributed by atoms with Crippen LogP contribution in [0.5, 0.6) is 11.5 Å². The molecule has 0 spiro atoms. The maximum Gasteiger partial charge on any atom is 0.490 e. The molecule has 0 aromatic heterocycles. The summed E-state index contributed by atoms with van der Waals surface area (Å²) < 4.78 is 42.7. The van der Waals surface area contributed by atoms with Gasteiger partial charge < -0.3 is 34.6 Å². The number of aliphatic carboxylic acids is 1. The number of nitrogens with zero attached hydrogens (tertiary/aromatic N) is 3. The molecule has 2 heterocycles. The number of carboxylic acids is 1. The zero-order chi connectivity index (χ0) is 36.9. The van der Waals surface area contributed by atoms with Crippen molar-refractivity contribution in [3.05, 3.63) is 83.4 Å². The second-order valence-corrected chi connectivity index (χ2v) is 14.0. The van der Waals surface area contributed by atoms with E-state index in [2.05, 4.69) is 81.7 Å². The number of fused-ring (bicyclic) bond motifs is 1. The van der Waals surface area contributed by atoms with Crippen molar-refractivity contribution in [2.45, 2.75) is 70.8 Å². The lowest BCUT2D eigenvalue weighted by atomic mass is 10.0. The van der Waals surface area contributed by atoms with Crippen LogP contribution in [0.2, 0.25) is 0 Å². The van der Waals surface area contributed by atoms with Crippen LogP contribution in [0.4, 0.5) is 13.2 Å². The van der Waals surface area contributed by atoms with Gasteiger partial charge in [-0.2, -0.15) is 13.2 Å². The van der Waals surface area contributed by atoms with E-state index in [1.54, 1.807) is 0 Å². The lowest BCUT2D eigenvalue weighted by Crippen LogP contribution is -2.45. The lowest BCUT2D eigenvalue weighted by molar-refractivity contribution is -0.192. The van der Waals surface area contributed by atoms with Crippen molar-refractivity contribution in [1.82, 2.24) is 20.0 Å². The average Bonchev–Trinajstić information content (AvgIpc) is 3.84. The highest BCUT2D eigenvalue weighted by atomic mass is 19.4. The molecule has 2 aliphatic heterocycles. The fourth-order valence-corrected chi connectivity index (χ4v) is 6.92. The SMILES string of the molecule is CN1CCN(CCCN(Cc2ccc(-c3cccc(CNCc4ccc5c(c4)OCO5)c3)cc2)C(=O)CCC2CCCC2)CC1.O=C(O)C(F)(F)F. The molecular formula is C40H51F3N4O5. The highest BCUT2D eigenvalue weighted by Crippen LogP contribution is 2.32. The molecule has 0 atom stereocenters. The summed E-state index contributed by atoms with van der Waals surface area (Å²) in [5, 5.41) is 10.7. The van der Waals surface area contributed by atoms with Crippen molar-refractivity contribution in [3.63, 3.8) is 0 Å². The van der Waals surface area contributed by atoms with E-state index in [0.717, 1.165) is 82.6 Å². The standard InChI is InChI=1S/C38H50N4O3.C2HF3O2/c1-40-20-22-41(23-21-40)18-5-19-42(38(43)17-13-30-6-2-3-7-30)28-31-10-14-34(15-11-31)35-9-4-8-32(24-35)26-39-27-33-12-16-36-37(25-33)45-29-44-36;3-2(4,5)1(6)7/h4,8-12,14-16,24-25,30,39H,2-3,5-7,13,17-23,26-29H2,1H3;(H,6,7). The zero-order valence-electron chi connectivity index (χ0n) is 30.0. The van der Waals surface area contributed by atoms with E-state index >= 15 is 0 Å². The Bertz CT molecular complexity index is 1590. The Morgan fingerprint density at radius 2 is 1.52 bits per heavy atom. The first-order valence-corrected chi connectivity index (χ1v) is 18.3. The van der Waals surface area contributed by atoms with Crippen molar-refractivity contribution in [2.24, 2.45) is 5.92 Å². The normalized spacial score (nSPS) is 16.4. The number of carbonyl (C=O) groups is 2. The predicted molar refractivity (Wildman–Crippen MR) is 194 cm³/mol. The number of rotatable bonds is 14. The van der Waals surface area contributed by atoms with E-state index in [1.807, 2.05) is 12.1 Å². The van der Waals surface area contributed by atoms with Crippen LogP contribution in [-0.2, 0) is 29.2 Å². The van der Waals surface area contributed by atoms with Crippen molar-refractivity contribution in [3.8, 4) is 22.6 Å². The number of alkyl halides is 3. The minimum absolute atomic E-state index is 0.300. The third-order valence-electron chi connectivity index (χ3n) is 10.0. The smallest absolute Gasteiger partial charge is 0.475 e. The Hall–Kier alpha value is -4.13. The van der Waals surface area contributed by atoms with E-state index < -0.39 is 12.1 Å². The van der Waals surface area contributed by atoms with E-state index in [9.17, 15) is 18.0 Å². The van der Waals surface area contributed by atoms with Crippen LogP contribution in [0.25, 0.3) is 11.1 Å². The van der Waals surface area contributed by atoms with Crippen LogP contribution in [0.1, 0.15) is 61.6 Å². The van der Waals surface area contributed by atoms with Gasteiger partial charge in [0.05, 0.1) is 0 Å². The fourth-order valence-electron chi connectivity index (χ4n) is 6.92. The number of hydrogen-bond donors (Lipinski definition) is 2. The minimum atomic E-state index is -5.08. The minimum Gasteiger partial charge on any atom is -0.475 e. The summed E-state index contributed by atoms with van der Waals surface area (Å²) in [6, 6.07) is 23.7. The molecule has 1 aliphatic carbocycles. The van der Waals surface area contributed by atoms with E-state index in [-0.39, 0.29) is 0 Å². The number of nitrogens with one attached hydrogen (secondary N) is 1. The molecule has 0 unspecified atom stereocenters. The molecule has 3 aromatic carbocycles. The van der Waals surface area contributed by atoms with Crippen molar-refractivity contribution in [1.29, 1.82) is 0 Å². The summed E-state index contributed by atoms with van der Waals surface area (Å²) in [7, 11) is 2.20. The molecule has 1 amide bonds. The maximum atomic E-state index is 13.5. The number of benzene rings is 3. The Kier molecular flexibility index (Phi) is 14.4. The maximum absolute atomic E-state index is 13.5. The van der Waals surface area contributed by atoms with Gasteiger partial charge in [0.1, 0.15) is 0 Å². The topological polar surface area (TPSA) is 94.6 Å². The van der Waals surface area contributed by atoms with Gasteiger partial charge in [-0.3, -0.25) is 4.79 Å². The predicted octanol–water partition coefficient (Wildman–Crippen LogP) is 6.94. The van der Waals surface area contributed by atoms with Crippen LogP contribution in [0.15, 0.2) is 66.7 Å². The lowest BCUT2D eigenvalue weighted by Gasteiger charge is -2.33. The molecule has 9 nitrogen and oxygen atoms in total. The molecule has 12 heteroatoms. The molecule has 52 heavy (non-hydrogen) atoms. The summed E-state index contributed by atoms with van der Waals surface area (Å²) in [4.78, 5) is 29.4. The van der Waals surface area contributed by atoms with E-state index in [1.165, 1.54) is 53.5 Å². The third kappa shape index (κ3) is 12.2. The average molecular weight is 725 g/mol. The second-order valence-electron chi connectivity index (χ2n) is 14.0. The van der Waals surface area contributed by atoms with Gasteiger partial charge in [0, 0.05) is 58.8 Å². The van der Waals surface area contributed by atoms with Gasteiger partial charge >= 0.3 is 12.1 Å². The Labute approximate surface area is 304 Å². The van der Waals surface area contributed by atoms with Crippen LogP contribution in [0, 0.1) is 5.92 Å². The van der Waals surface area contributed by atoms with Gasteiger partial charge in [0.25, 0.3) is 0 Å². The summed E-state index contributed by atoms with van der Waals surface area (Å²) in [5.74, 6) is -0.0490. The van der Waals surface area contributed by atoms with Gasteiger partial charge in [-0.1, -0.05) is 74.2 Å². The number of ether oxygens (including phenoxy) is 2. The Morgan fingerprint density at radius 3 is 2.21 bits per heavy atom. The summed E-state index contributed by atoms with van der Waals surface area (Å²) in [6.45, 7) is 8.97. The number of carbonyl (C=O) groups excluding carboxylic acids is 1. The van der Waals surface area contributed by atoms with Crippen molar-refractivity contribution < 1.29 is 37.3 Å². The van der Waals surface area contributed by atoms with Crippen LogP contribution in [0.3, 0.4) is 0 Å². The fraction of sp³-hybridized carbons (Fsp3) is 0.500. The zero-order valence-corrected chi connectivity index (χ0v) is 30.0. The van der Waals surface area contributed by atoms with Crippen molar-refractivity contribution >= 4 is 11.9 Å². The van der Waals surface area contributed by atoms with Crippen LogP contribution < -0.4 is 14.8 Å². The number of hydrogen-bond acceptors (Lipinski definition) is 7. The van der Waals surface area contributed by atoms with Crippen LogP contribution >= 0.6 is 0 Å². The number of halogens is 3. The quantitative estimate of drug-likeness (QED) is 0.185. The first kappa shape index (κ1) is 39.1. The van der Waals surface area contributed by atoms with E-state index in [0.29, 0.717) is 25.7 Å². The second kappa shape index (κ2) is 19.1. The molecule has 3 aliphatic rings. The number of amides is 1. The first-order valence-electron chi connectivity index (χ1n) is 18.3. The number of piperazine rings is 1. The van der Waals surface area contributed by atoms with E-state index in [4.69, 9.17) is 19.4 Å². The highest BCUT2D eigenvalue weighted by Gasteiger charge is 2.38. The summed E-state index contributed by atoms with van der Waals surface area (Å²) in [6.07, 6.45) is 2.96. The summed E-state index contributed by atoms with van der Waals surface area (Å²) in [5.41, 5.74) is 6.04. The van der Waals surface area contributed by atoms with Gasteiger partial charge in [-0.05, 0) is 78.4 Å². The molecular weight excluding hydrogens is 673 g/mol. The van der Waals surface area contributed by atoms with Gasteiger partial charge in [0.15, 0.2) is 11.5 Å². The molecule has 2 fully saturated rings. The first-order chi connectivity index (χ1) is 25.0. The molecule has 1 saturated carbocycles. The number of likely N-dealkylation sites (N-methyl/N-ethyl adjacent to an activating group) is 1. The molecule has 2 N–H and O–H groups in total. The molecule has 1 saturated heterocycles. The van der Waals surface area contributed by atoms with Crippen LogP contribution in [-0.4, -0.2) is 91.0 Å². The molecule has 282 valence electrons. The van der Waals surface area contributed by atoms with Gasteiger partial charge in [-0.15, -0.1) is 0 Å². The van der Waals surface area contributed by atoms with Gasteiger partial charge in [-0.25, -0.2) is 4.79 Å². The summed E-state index contributed by atoms with van der Waals surface area (Å²) >= 11 is 0. The third-order valence-corrected chi connectivity index (χ3v) is 10.0.